The second kappa shape index (κ2) is 8.36. The number of likely N-dealkylation sites (N-methyl/N-ethyl adjacent to an activating group) is 1. The van der Waals surface area contributed by atoms with Crippen LogP contribution < -0.4 is 10.2 Å². The molecular formula is C18H19ClF3N2O+. The zero-order valence-electron chi connectivity index (χ0n) is 13.7. The number of nitrogens with one attached hydrogen (secondary N) is 2. The summed E-state index contributed by atoms with van der Waals surface area (Å²) in [6.07, 6.45) is -4.33. The number of alkyl halides is 3. The maximum Gasteiger partial charge on any atom is 0.416 e. The van der Waals surface area contributed by atoms with Gasteiger partial charge in [-0.15, -0.1) is 0 Å². The van der Waals surface area contributed by atoms with E-state index in [1.165, 1.54) is 12.1 Å². The van der Waals surface area contributed by atoms with Crippen molar-refractivity contribution in [2.75, 3.05) is 13.6 Å². The Hall–Kier alpha value is -2.05. The van der Waals surface area contributed by atoms with Gasteiger partial charge in [-0.2, -0.15) is 13.2 Å². The normalized spacial score (nSPS) is 12.7. The predicted molar refractivity (Wildman–Crippen MR) is 90.2 cm³/mol. The Morgan fingerprint density at radius 3 is 2.16 bits per heavy atom. The van der Waals surface area contributed by atoms with Gasteiger partial charge >= 0.3 is 6.18 Å². The van der Waals surface area contributed by atoms with E-state index in [1.807, 2.05) is 19.2 Å². The van der Waals surface area contributed by atoms with Crippen molar-refractivity contribution < 1.29 is 22.9 Å². The zero-order valence-corrected chi connectivity index (χ0v) is 14.4. The molecule has 0 saturated carbocycles. The van der Waals surface area contributed by atoms with E-state index < -0.39 is 11.7 Å². The van der Waals surface area contributed by atoms with Crippen LogP contribution in [0.1, 0.15) is 16.7 Å². The highest BCUT2D eigenvalue weighted by Gasteiger charge is 2.30. The molecule has 25 heavy (non-hydrogen) atoms. The van der Waals surface area contributed by atoms with E-state index in [0.29, 0.717) is 18.1 Å². The van der Waals surface area contributed by atoms with Gasteiger partial charge in [0.1, 0.15) is 6.54 Å². The van der Waals surface area contributed by atoms with E-state index in [0.717, 1.165) is 28.2 Å². The molecule has 7 heteroatoms. The summed E-state index contributed by atoms with van der Waals surface area (Å²) in [6, 6.07) is 12.2. The van der Waals surface area contributed by atoms with Gasteiger partial charge in [0.05, 0.1) is 12.6 Å². The number of hydrogen-bond donors (Lipinski definition) is 2. The number of benzene rings is 2. The highest BCUT2D eigenvalue weighted by molar-refractivity contribution is 6.30. The van der Waals surface area contributed by atoms with Crippen molar-refractivity contribution in [2.24, 2.45) is 0 Å². The minimum Gasteiger partial charge on any atom is -0.347 e. The Labute approximate surface area is 149 Å². The molecule has 2 rings (SSSR count). The summed E-state index contributed by atoms with van der Waals surface area (Å²) in [5.41, 5.74) is 1.02. The summed E-state index contributed by atoms with van der Waals surface area (Å²) < 4.78 is 37.6. The van der Waals surface area contributed by atoms with Crippen LogP contribution in [-0.2, 0) is 24.1 Å². The van der Waals surface area contributed by atoms with Gasteiger partial charge in [-0.05, 0) is 29.8 Å². The Morgan fingerprint density at radius 1 is 1.04 bits per heavy atom. The number of halogens is 4. The second-order valence-corrected chi connectivity index (χ2v) is 6.34. The number of rotatable bonds is 6. The summed E-state index contributed by atoms with van der Waals surface area (Å²) in [7, 11) is 1.82. The second-order valence-electron chi connectivity index (χ2n) is 5.91. The molecule has 0 fully saturated rings. The van der Waals surface area contributed by atoms with Gasteiger partial charge in [-0.25, -0.2) is 0 Å². The van der Waals surface area contributed by atoms with E-state index in [2.05, 4.69) is 5.32 Å². The lowest BCUT2D eigenvalue weighted by atomic mass is 10.1. The molecule has 1 unspecified atom stereocenters. The average Bonchev–Trinajstić information content (AvgIpc) is 2.54. The fourth-order valence-electron chi connectivity index (χ4n) is 2.36. The molecule has 2 aromatic rings. The smallest absolute Gasteiger partial charge is 0.347 e. The van der Waals surface area contributed by atoms with Gasteiger partial charge in [0.2, 0.25) is 0 Å². The summed E-state index contributed by atoms with van der Waals surface area (Å²) in [4.78, 5) is 12.8. The molecule has 0 bridgehead atoms. The van der Waals surface area contributed by atoms with Crippen LogP contribution in [0.15, 0.2) is 48.5 Å². The first kappa shape index (κ1) is 19.3. The Balaban J connectivity index is 1.80. The summed E-state index contributed by atoms with van der Waals surface area (Å²) in [5, 5.41) is 3.45. The highest BCUT2D eigenvalue weighted by atomic mass is 35.5. The molecule has 134 valence electrons. The fourth-order valence-corrected chi connectivity index (χ4v) is 2.49. The summed E-state index contributed by atoms with van der Waals surface area (Å²) >= 11 is 5.80. The van der Waals surface area contributed by atoms with Gasteiger partial charge in [0.25, 0.3) is 5.91 Å². The molecule has 0 spiro atoms. The van der Waals surface area contributed by atoms with Gasteiger partial charge < -0.3 is 10.2 Å². The van der Waals surface area contributed by atoms with Crippen LogP contribution in [0, 0.1) is 0 Å². The largest absolute Gasteiger partial charge is 0.416 e. The summed E-state index contributed by atoms with van der Waals surface area (Å²) in [6.45, 7) is 1.10. The van der Waals surface area contributed by atoms with Crippen molar-refractivity contribution >= 4 is 17.5 Å². The number of hydrogen-bond acceptors (Lipinski definition) is 1. The molecule has 0 radical (unpaired) electrons. The first-order valence-corrected chi connectivity index (χ1v) is 8.10. The van der Waals surface area contributed by atoms with Crippen LogP contribution in [0.25, 0.3) is 0 Å². The van der Waals surface area contributed by atoms with E-state index in [1.54, 1.807) is 12.1 Å². The average molecular weight is 372 g/mol. The third-order valence-electron chi connectivity index (χ3n) is 3.65. The molecule has 0 heterocycles. The maximum absolute atomic E-state index is 12.5. The molecule has 1 atom stereocenters. The molecule has 0 aliphatic heterocycles. The molecule has 0 saturated heterocycles. The third-order valence-corrected chi connectivity index (χ3v) is 3.90. The Bertz CT molecular complexity index is 700. The van der Waals surface area contributed by atoms with Gasteiger partial charge in [-0.1, -0.05) is 35.9 Å². The summed E-state index contributed by atoms with van der Waals surface area (Å²) in [5.74, 6) is -0.126. The van der Waals surface area contributed by atoms with E-state index in [9.17, 15) is 18.0 Å². The molecule has 0 aromatic heterocycles. The Kier molecular flexibility index (Phi) is 6.45. The SMILES string of the molecule is C[NH+](CC(=O)NCc1ccc(Cl)cc1)Cc1ccc(C(F)(F)F)cc1. The van der Waals surface area contributed by atoms with E-state index in [4.69, 9.17) is 11.6 Å². The third kappa shape index (κ3) is 6.40. The quantitative estimate of drug-likeness (QED) is 0.804. The molecular weight excluding hydrogens is 353 g/mol. The number of carbonyl (C=O) groups is 1. The maximum atomic E-state index is 12.5. The van der Waals surface area contributed by atoms with Gasteiger partial charge in [-0.3, -0.25) is 4.79 Å². The van der Waals surface area contributed by atoms with Crippen molar-refractivity contribution in [3.63, 3.8) is 0 Å². The van der Waals surface area contributed by atoms with Gasteiger partial charge in [0.15, 0.2) is 6.54 Å². The predicted octanol–water partition coefficient (Wildman–Crippen LogP) is 2.69. The first-order chi connectivity index (χ1) is 11.7. The van der Waals surface area contributed by atoms with Crippen LogP contribution in [0.5, 0.6) is 0 Å². The van der Waals surface area contributed by atoms with Crippen LogP contribution in [0.4, 0.5) is 13.2 Å². The Morgan fingerprint density at radius 2 is 1.60 bits per heavy atom. The minimum absolute atomic E-state index is 0.126. The standard InChI is InChI=1S/C18H18ClF3N2O/c1-24(11-14-2-6-15(7-3-14)18(20,21)22)12-17(25)23-10-13-4-8-16(19)9-5-13/h2-9H,10-12H2,1H3,(H,23,25)/p+1. The van der Waals surface area contributed by atoms with Crippen molar-refractivity contribution in [3.8, 4) is 0 Å². The van der Waals surface area contributed by atoms with Gasteiger partial charge in [0, 0.05) is 17.1 Å². The minimum atomic E-state index is -4.33. The lowest BCUT2D eigenvalue weighted by Gasteiger charge is -2.14. The van der Waals surface area contributed by atoms with Crippen molar-refractivity contribution in [3.05, 3.63) is 70.2 Å². The first-order valence-electron chi connectivity index (χ1n) is 7.72. The lowest BCUT2D eigenvalue weighted by molar-refractivity contribution is -0.885. The number of quaternary nitrogens is 1. The van der Waals surface area contributed by atoms with Crippen LogP contribution in [0.3, 0.4) is 0 Å². The molecule has 1 amide bonds. The number of amides is 1. The van der Waals surface area contributed by atoms with Crippen LogP contribution in [-0.4, -0.2) is 19.5 Å². The monoisotopic (exact) mass is 371 g/mol. The van der Waals surface area contributed by atoms with Crippen molar-refractivity contribution in [2.45, 2.75) is 19.3 Å². The zero-order chi connectivity index (χ0) is 18.4. The molecule has 2 N–H and O–H groups in total. The number of carbonyl (C=O) groups excluding carboxylic acids is 1. The fraction of sp³-hybridized carbons (Fsp3) is 0.278. The highest BCUT2D eigenvalue weighted by Crippen LogP contribution is 2.28. The molecule has 0 aliphatic carbocycles. The van der Waals surface area contributed by atoms with E-state index >= 15 is 0 Å². The van der Waals surface area contributed by atoms with E-state index in [-0.39, 0.29) is 12.5 Å². The van der Waals surface area contributed by atoms with Crippen LogP contribution in [0.2, 0.25) is 5.02 Å². The molecule has 0 aliphatic rings. The van der Waals surface area contributed by atoms with Crippen molar-refractivity contribution in [1.82, 2.24) is 5.32 Å². The lowest BCUT2D eigenvalue weighted by Crippen LogP contribution is -3.08. The van der Waals surface area contributed by atoms with Crippen LogP contribution >= 0.6 is 11.6 Å². The topological polar surface area (TPSA) is 33.5 Å². The molecule has 2 aromatic carbocycles. The van der Waals surface area contributed by atoms with Crippen molar-refractivity contribution in [1.29, 1.82) is 0 Å². The molecule has 3 nitrogen and oxygen atoms in total.